The molecule has 1 amide bonds. The van der Waals surface area contributed by atoms with E-state index in [4.69, 9.17) is 21.7 Å². The lowest BCUT2D eigenvalue weighted by atomic mass is 10.2. The number of carbonyl (C=O) groups excluding carboxylic acids is 1. The molecule has 3 N–H and O–H groups in total. The van der Waals surface area contributed by atoms with Gasteiger partial charge in [-0.2, -0.15) is 5.10 Å². The standard InChI is InChI=1S/C25H25N5O3S/c1-17-11-13-20(14-12-17)27-22(31)16-33-23-19(9-6-10-21(23)32-2)15-26-30-24(28-29-25(30)34)18-7-4-3-5-8-18/h3-14,26H,15-16H2,1-2H3,(H,27,31)(H,29,34). The number of hydrogen-bond acceptors (Lipinski definition) is 6. The number of aromatic amines is 1. The lowest BCUT2D eigenvalue weighted by molar-refractivity contribution is -0.118. The molecule has 4 aromatic rings. The second kappa shape index (κ2) is 10.7. The maximum Gasteiger partial charge on any atom is 0.262 e. The molecular formula is C25H25N5O3S. The van der Waals surface area contributed by atoms with Gasteiger partial charge in [-0.1, -0.05) is 60.2 Å². The van der Waals surface area contributed by atoms with Crippen molar-refractivity contribution in [2.24, 2.45) is 0 Å². The van der Waals surface area contributed by atoms with Gasteiger partial charge in [0, 0.05) is 16.8 Å². The Balaban J connectivity index is 1.49. The fraction of sp³-hybridized carbons (Fsp3) is 0.160. The number of hydrogen-bond donors (Lipinski definition) is 3. The average Bonchev–Trinajstić information content (AvgIpc) is 3.23. The zero-order valence-electron chi connectivity index (χ0n) is 18.9. The number of aryl methyl sites for hydroxylation is 1. The lowest BCUT2D eigenvalue weighted by Gasteiger charge is -2.16. The number of amides is 1. The molecule has 0 unspecified atom stereocenters. The Labute approximate surface area is 202 Å². The zero-order valence-corrected chi connectivity index (χ0v) is 19.7. The molecule has 1 aromatic heterocycles. The van der Waals surface area contributed by atoms with E-state index in [0.717, 1.165) is 16.7 Å². The number of H-pyrrole nitrogens is 1. The lowest BCUT2D eigenvalue weighted by Crippen LogP contribution is -2.21. The van der Waals surface area contributed by atoms with Gasteiger partial charge < -0.3 is 20.2 Å². The summed E-state index contributed by atoms with van der Waals surface area (Å²) in [6, 6.07) is 22.8. The second-order valence-corrected chi connectivity index (χ2v) is 7.93. The van der Waals surface area contributed by atoms with E-state index < -0.39 is 0 Å². The Kier molecular flexibility index (Phi) is 7.24. The Morgan fingerprint density at radius 3 is 2.56 bits per heavy atom. The van der Waals surface area contributed by atoms with Gasteiger partial charge in [-0.3, -0.25) is 4.79 Å². The van der Waals surface area contributed by atoms with Crippen molar-refractivity contribution in [1.29, 1.82) is 0 Å². The molecular weight excluding hydrogens is 450 g/mol. The monoisotopic (exact) mass is 475 g/mol. The summed E-state index contributed by atoms with van der Waals surface area (Å²) >= 11 is 5.40. The van der Waals surface area contributed by atoms with Crippen molar-refractivity contribution >= 4 is 23.8 Å². The van der Waals surface area contributed by atoms with Crippen LogP contribution in [0.3, 0.4) is 0 Å². The zero-order chi connectivity index (χ0) is 23.9. The van der Waals surface area contributed by atoms with Gasteiger partial charge in [0.25, 0.3) is 5.91 Å². The van der Waals surface area contributed by atoms with Crippen LogP contribution in [0, 0.1) is 11.7 Å². The molecule has 0 atom stereocenters. The van der Waals surface area contributed by atoms with Crippen molar-refractivity contribution < 1.29 is 14.3 Å². The Morgan fingerprint density at radius 2 is 1.82 bits per heavy atom. The van der Waals surface area contributed by atoms with Gasteiger partial charge in [0.2, 0.25) is 4.77 Å². The SMILES string of the molecule is COc1cccc(CNn2c(-c3ccccc3)n[nH]c2=S)c1OCC(=O)Nc1ccc(C)cc1. The van der Waals surface area contributed by atoms with E-state index in [1.165, 1.54) is 0 Å². The third-order valence-electron chi connectivity index (χ3n) is 5.10. The van der Waals surface area contributed by atoms with Crippen LogP contribution < -0.4 is 20.2 Å². The largest absolute Gasteiger partial charge is 0.493 e. The topological polar surface area (TPSA) is 93.2 Å². The summed E-state index contributed by atoms with van der Waals surface area (Å²) in [5.74, 6) is 1.40. The number of para-hydroxylation sites is 1. The third kappa shape index (κ3) is 5.44. The molecule has 174 valence electrons. The van der Waals surface area contributed by atoms with E-state index in [9.17, 15) is 4.79 Å². The average molecular weight is 476 g/mol. The number of rotatable bonds is 9. The molecule has 0 radical (unpaired) electrons. The van der Waals surface area contributed by atoms with Gasteiger partial charge in [-0.05, 0) is 37.3 Å². The smallest absolute Gasteiger partial charge is 0.262 e. The summed E-state index contributed by atoms with van der Waals surface area (Å²) in [5, 5.41) is 9.99. The molecule has 0 aliphatic rings. The van der Waals surface area contributed by atoms with E-state index in [-0.39, 0.29) is 12.5 Å². The minimum Gasteiger partial charge on any atom is -0.493 e. The highest BCUT2D eigenvalue weighted by atomic mass is 32.1. The van der Waals surface area contributed by atoms with Gasteiger partial charge >= 0.3 is 0 Å². The molecule has 0 spiro atoms. The Bertz CT molecular complexity index is 1320. The quantitative estimate of drug-likeness (QED) is 0.304. The third-order valence-corrected chi connectivity index (χ3v) is 5.37. The van der Waals surface area contributed by atoms with Crippen molar-refractivity contribution in [2.45, 2.75) is 13.5 Å². The maximum absolute atomic E-state index is 12.4. The van der Waals surface area contributed by atoms with Crippen molar-refractivity contribution in [3.8, 4) is 22.9 Å². The highest BCUT2D eigenvalue weighted by Gasteiger charge is 2.15. The summed E-state index contributed by atoms with van der Waals surface area (Å²) in [6.07, 6.45) is 0. The van der Waals surface area contributed by atoms with Crippen LogP contribution in [0.1, 0.15) is 11.1 Å². The predicted octanol–water partition coefficient (Wildman–Crippen LogP) is 4.69. The molecule has 9 heteroatoms. The minimum absolute atomic E-state index is 0.165. The van der Waals surface area contributed by atoms with Gasteiger partial charge in [0.1, 0.15) is 0 Å². The van der Waals surface area contributed by atoms with Gasteiger partial charge in [-0.25, -0.2) is 9.77 Å². The van der Waals surface area contributed by atoms with Crippen LogP contribution in [0.5, 0.6) is 11.5 Å². The Morgan fingerprint density at radius 1 is 1.06 bits per heavy atom. The molecule has 8 nitrogen and oxygen atoms in total. The first-order valence-electron chi connectivity index (χ1n) is 10.7. The van der Waals surface area contributed by atoms with Crippen molar-refractivity contribution in [1.82, 2.24) is 14.9 Å². The van der Waals surface area contributed by atoms with Gasteiger partial charge in [-0.15, -0.1) is 0 Å². The summed E-state index contributed by atoms with van der Waals surface area (Å²) in [6.45, 7) is 2.19. The van der Waals surface area contributed by atoms with Crippen LogP contribution in [0.2, 0.25) is 0 Å². The van der Waals surface area contributed by atoms with E-state index in [2.05, 4.69) is 20.9 Å². The number of methoxy groups -OCH3 is 1. The molecule has 0 fully saturated rings. The van der Waals surface area contributed by atoms with Gasteiger partial charge in [0.05, 0.1) is 13.7 Å². The number of anilines is 1. The number of ether oxygens (including phenoxy) is 2. The van der Waals surface area contributed by atoms with Crippen molar-refractivity contribution in [3.05, 3.63) is 88.7 Å². The first-order chi connectivity index (χ1) is 16.5. The number of benzene rings is 3. The normalized spacial score (nSPS) is 10.5. The summed E-state index contributed by atoms with van der Waals surface area (Å²) < 4.78 is 13.5. The highest BCUT2D eigenvalue weighted by Crippen LogP contribution is 2.31. The molecule has 0 aliphatic carbocycles. The molecule has 4 rings (SSSR count). The molecule has 0 aliphatic heterocycles. The summed E-state index contributed by atoms with van der Waals surface area (Å²) in [4.78, 5) is 12.4. The molecule has 34 heavy (non-hydrogen) atoms. The van der Waals surface area contributed by atoms with Crippen LogP contribution in [0.4, 0.5) is 5.69 Å². The summed E-state index contributed by atoms with van der Waals surface area (Å²) in [7, 11) is 1.56. The summed E-state index contributed by atoms with van der Waals surface area (Å²) in [5.41, 5.74) is 6.82. The number of nitrogens with zero attached hydrogens (tertiary/aromatic N) is 2. The molecule has 3 aromatic carbocycles. The maximum atomic E-state index is 12.4. The van der Waals surface area contributed by atoms with Crippen LogP contribution >= 0.6 is 12.2 Å². The predicted molar refractivity (Wildman–Crippen MR) is 134 cm³/mol. The van der Waals surface area contributed by atoms with E-state index in [1.54, 1.807) is 17.9 Å². The van der Waals surface area contributed by atoms with E-state index in [1.807, 2.05) is 73.7 Å². The minimum atomic E-state index is -0.267. The molecule has 0 saturated heterocycles. The molecule has 0 saturated carbocycles. The fourth-order valence-corrected chi connectivity index (χ4v) is 3.58. The fourth-order valence-electron chi connectivity index (χ4n) is 3.39. The molecule has 1 heterocycles. The van der Waals surface area contributed by atoms with Crippen LogP contribution in [0.15, 0.2) is 72.8 Å². The first kappa shape index (κ1) is 23.1. The Hall–Kier alpha value is -4.11. The number of aromatic nitrogens is 3. The van der Waals surface area contributed by atoms with E-state index >= 15 is 0 Å². The van der Waals surface area contributed by atoms with Crippen LogP contribution in [-0.4, -0.2) is 34.5 Å². The van der Waals surface area contributed by atoms with E-state index in [0.29, 0.717) is 34.3 Å². The van der Waals surface area contributed by atoms with Crippen LogP contribution in [-0.2, 0) is 11.3 Å². The van der Waals surface area contributed by atoms with Crippen LogP contribution in [0.25, 0.3) is 11.4 Å². The van der Waals surface area contributed by atoms with Crippen molar-refractivity contribution in [3.63, 3.8) is 0 Å². The number of nitrogens with one attached hydrogen (secondary N) is 3. The molecule has 0 bridgehead atoms. The first-order valence-corrected chi connectivity index (χ1v) is 11.1. The van der Waals surface area contributed by atoms with Crippen molar-refractivity contribution in [2.75, 3.05) is 24.5 Å². The number of carbonyl (C=O) groups is 1. The highest BCUT2D eigenvalue weighted by molar-refractivity contribution is 7.71. The van der Waals surface area contributed by atoms with Gasteiger partial charge in [0.15, 0.2) is 23.9 Å². The second-order valence-electron chi connectivity index (χ2n) is 7.54.